The molecule has 1 saturated carbocycles. The Labute approximate surface area is 201 Å². The third-order valence-corrected chi connectivity index (χ3v) is 6.02. The van der Waals surface area contributed by atoms with Crippen LogP contribution >= 0.6 is 0 Å². The monoisotopic (exact) mass is 478 g/mol. The molecule has 1 atom stereocenters. The fourth-order valence-electron chi connectivity index (χ4n) is 3.97. The maximum Gasteiger partial charge on any atom is 0.297 e. The molecule has 0 aromatic carbocycles. The summed E-state index contributed by atoms with van der Waals surface area (Å²) in [6.07, 6.45) is 3.37. The Morgan fingerprint density at radius 1 is 1.20 bits per heavy atom. The fraction of sp³-hybridized carbons (Fsp3) is 0.409. The Hall–Kier alpha value is -4.13. The van der Waals surface area contributed by atoms with Gasteiger partial charge in [-0.25, -0.2) is 10.5 Å². The molecule has 0 bridgehead atoms. The van der Waals surface area contributed by atoms with Gasteiger partial charge in [0.05, 0.1) is 24.0 Å². The molecule has 13 heteroatoms. The molecule has 1 unspecified atom stereocenters. The maximum absolute atomic E-state index is 12.7. The number of anilines is 4. The minimum atomic E-state index is -0.579. The highest BCUT2D eigenvalue weighted by molar-refractivity contribution is 6.00. The van der Waals surface area contributed by atoms with E-state index in [4.69, 9.17) is 4.84 Å². The Kier molecular flexibility index (Phi) is 5.76. The van der Waals surface area contributed by atoms with Crippen LogP contribution in [0, 0.1) is 5.92 Å². The minimum Gasteiger partial charge on any atom is -0.363 e. The first-order valence-corrected chi connectivity index (χ1v) is 11.4. The quantitative estimate of drug-likeness (QED) is 0.430. The van der Waals surface area contributed by atoms with Crippen molar-refractivity contribution in [2.75, 3.05) is 29.2 Å². The van der Waals surface area contributed by atoms with Gasteiger partial charge < -0.3 is 15.5 Å². The van der Waals surface area contributed by atoms with Crippen molar-refractivity contribution < 1.29 is 14.4 Å². The predicted octanol–water partition coefficient (Wildman–Crippen LogP) is 1.95. The van der Waals surface area contributed by atoms with Crippen molar-refractivity contribution in [2.45, 2.75) is 32.7 Å². The van der Waals surface area contributed by atoms with Crippen molar-refractivity contribution in [1.82, 2.24) is 35.7 Å². The highest BCUT2D eigenvalue weighted by Gasteiger charge is 2.33. The predicted molar refractivity (Wildman–Crippen MR) is 127 cm³/mol. The van der Waals surface area contributed by atoms with Crippen molar-refractivity contribution in [3.8, 4) is 11.3 Å². The first-order valence-electron chi connectivity index (χ1n) is 11.4. The van der Waals surface area contributed by atoms with Crippen LogP contribution in [0.1, 0.15) is 48.9 Å². The van der Waals surface area contributed by atoms with Crippen LogP contribution in [0.25, 0.3) is 11.3 Å². The molecule has 3 N–H and O–H groups in total. The summed E-state index contributed by atoms with van der Waals surface area (Å²) in [4.78, 5) is 38.2. The smallest absolute Gasteiger partial charge is 0.297 e. The Bertz CT molecular complexity index is 1300. The van der Waals surface area contributed by atoms with Gasteiger partial charge in [-0.15, -0.1) is 10.2 Å². The van der Waals surface area contributed by atoms with E-state index in [2.05, 4.69) is 41.5 Å². The largest absolute Gasteiger partial charge is 0.363 e. The molecule has 2 aliphatic rings. The van der Waals surface area contributed by atoms with Gasteiger partial charge in [-0.05, 0) is 32.8 Å². The molecular weight excluding hydrogens is 452 g/mol. The van der Waals surface area contributed by atoms with E-state index in [1.807, 2.05) is 24.9 Å². The molecule has 0 spiro atoms. The number of aromatic nitrogens is 6. The second-order valence-corrected chi connectivity index (χ2v) is 8.51. The van der Waals surface area contributed by atoms with E-state index in [1.54, 1.807) is 31.0 Å². The number of rotatable bonds is 7. The average Bonchev–Trinajstić information content (AvgIpc) is 3.62. The first kappa shape index (κ1) is 22.7. The van der Waals surface area contributed by atoms with E-state index in [0.717, 1.165) is 35.5 Å². The molecule has 0 radical (unpaired) electrons. The zero-order valence-corrected chi connectivity index (χ0v) is 19.9. The highest BCUT2D eigenvalue weighted by atomic mass is 16.6. The fourth-order valence-corrected chi connectivity index (χ4v) is 3.97. The number of nitrogens with one attached hydrogen (secondary N) is 3. The molecular formula is C22H26N10O3. The topological polar surface area (TPSA) is 152 Å². The number of pyridine rings is 1. The Morgan fingerprint density at radius 2 is 2.00 bits per heavy atom. The van der Waals surface area contributed by atoms with Crippen molar-refractivity contribution in [3.05, 3.63) is 29.7 Å². The summed E-state index contributed by atoms with van der Waals surface area (Å²) in [5, 5.41) is 23.1. The third kappa shape index (κ3) is 4.25. The van der Waals surface area contributed by atoms with E-state index in [9.17, 15) is 9.59 Å². The van der Waals surface area contributed by atoms with Gasteiger partial charge in [0.25, 0.3) is 5.91 Å². The average molecular weight is 479 g/mol. The number of hydroxylamine groups is 1. The van der Waals surface area contributed by atoms with Crippen molar-refractivity contribution in [2.24, 2.45) is 13.0 Å². The van der Waals surface area contributed by atoms with Crippen LogP contribution in [-0.2, 0) is 16.7 Å². The number of hydrogen-bond donors (Lipinski definition) is 3. The number of amides is 2. The van der Waals surface area contributed by atoms with Crippen LogP contribution in [0.4, 0.5) is 23.0 Å². The maximum atomic E-state index is 12.7. The molecule has 3 aromatic rings. The zero-order chi connectivity index (χ0) is 24.7. The molecule has 182 valence electrons. The van der Waals surface area contributed by atoms with Gasteiger partial charge in [0, 0.05) is 37.8 Å². The molecule has 13 nitrogen and oxygen atoms in total. The van der Waals surface area contributed by atoms with Gasteiger partial charge in [-0.2, -0.15) is 15.0 Å². The molecule has 1 aliphatic carbocycles. The van der Waals surface area contributed by atoms with Crippen LogP contribution in [0.2, 0.25) is 0 Å². The summed E-state index contributed by atoms with van der Waals surface area (Å²) in [5.74, 6) is 0.0276. The lowest BCUT2D eigenvalue weighted by molar-refractivity contribution is -0.117. The number of aryl methyl sites for hydroxylation is 1. The number of nitrogens with zero attached hydrogens (tertiary/aromatic N) is 7. The van der Waals surface area contributed by atoms with E-state index >= 15 is 0 Å². The highest BCUT2D eigenvalue weighted by Crippen LogP contribution is 2.45. The second kappa shape index (κ2) is 8.91. The molecule has 5 rings (SSSR count). The van der Waals surface area contributed by atoms with Gasteiger partial charge in [0.1, 0.15) is 11.4 Å². The standard InChI is InChI=1S/C22H26N10O3/c1-5-35-30-22(34)18-14(10-15(26-27-18)25-21(33)12-6-7-12)24-20-19-13(8-9-23-20)17-16(11(2)31(19)3)28-32(4)29-17/h8-12H,5-7H2,1-4H3,(H,30,34)(H2,23,24,25,26,33). The van der Waals surface area contributed by atoms with Crippen LogP contribution in [-0.4, -0.2) is 55.6 Å². The summed E-state index contributed by atoms with van der Waals surface area (Å²) in [6, 6.07) is 3.39. The van der Waals surface area contributed by atoms with Gasteiger partial charge in [0.15, 0.2) is 17.3 Å². The van der Waals surface area contributed by atoms with Crippen molar-refractivity contribution in [1.29, 1.82) is 0 Å². The SMILES string of the molecule is CCONC(=O)c1nnc(NC(=O)C2CC2)cc1Nc1nccc2c1N(C)C(C)c1nn(C)nc1-2. The molecule has 2 amide bonds. The summed E-state index contributed by atoms with van der Waals surface area (Å²) < 4.78 is 0. The van der Waals surface area contributed by atoms with Crippen LogP contribution in [0.5, 0.6) is 0 Å². The zero-order valence-electron chi connectivity index (χ0n) is 19.9. The Morgan fingerprint density at radius 3 is 2.74 bits per heavy atom. The summed E-state index contributed by atoms with van der Waals surface area (Å²) in [6.45, 7) is 4.07. The minimum absolute atomic E-state index is 0.00558. The van der Waals surface area contributed by atoms with Crippen LogP contribution in [0.15, 0.2) is 18.3 Å². The summed E-state index contributed by atoms with van der Waals surface area (Å²) in [7, 11) is 3.73. The lowest BCUT2D eigenvalue weighted by Crippen LogP contribution is -2.28. The summed E-state index contributed by atoms with van der Waals surface area (Å²) >= 11 is 0. The normalized spacial score (nSPS) is 16.3. The number of carbonyl (C=O) groups is 2. The van der Waals surface area contributed by atoms with Crippen molar-refractivity contribution >= 4 is 34.8 Å². The summed E-state index contributed by atoms with van der Waals surface area (Å²) in [5.41, 5.74) is 5.94. The lowest BCUT2D eigenvalue weighted by atomic mass is 9.99. The Balaban J connectivity index is 1.55. The molecule has 3 aromatic heterocycles. The van der Waals surface area contributed by atoms with E-state index in [1.165, 1.54) is 0 Å². The number of carbonyl (C=O) groups excluding carboxylic acids is 2. The molecule has 1 fully saturated rings. The van der Waals surface area contributed by atoms with Gasteiger partial charge in [-0.1, -0.05) is 0 Å². The number of hydrogen-bond acceptors (Lipinski definition) is 10. The molecule has 0 saturated heterocycles. The lowest BCUT2D eigenvalue weighted by Gasteiger charge is -2.33. The van der Waals surface area contributed by atoms with Gasteiger partial charge in [-0.3, -0.25) is 14.4 Å². The molecule has 35 heavy (non-hydrogen) atoms. The van der Waals surface area contributed by atoms with E-state index in [0.29, 0.717) is 11.5 Å². The van der Waals surface area contributed by atoms with Crippen LogP contribution in [0.3, 0.4) is 0 Å². The first-order chi connectivity index (χ1) is 16.9. The molecule has 1 aliphatic heterocycles. The van der Waals surface area contributed by atoms with Crippen LogP contribution < -0.4 is 21.0 Å². The van der Waals surface area contributed by atoms with E-state index in [-0.39, 0.29) is 36.0 Å². The van der Waals surface area contributed by atoms with E-state index < -0.39 is 5.91 Å². The van der Waals surface area contributed by atoms with Gasteiger partial charge >= 0.3 is 0 Å². The van der Waals surface area contributed by atoms with Gasteiger partial charge in [0.2, 0.25) is 5.91 Å². The number of fused-ring (bicyclic) bond motifs is 3. The molecule has 4 heterocycles. The third-order valence-electron chi connectivity index (χ3n) is 6.02. The second-order valence-electron chi connectivity index (χ2n) is 8.51. The van der Waals surface area contributed by atoms with Crippen molar-refractivity contribution in [3.63, 3.8) is 0 Å².